The second kappa shape index (κ2) is 10.9. The maximum Gasteiger partial charge on any atom is 0.317 e. The van der Waals surface area contributed by atoms with Crippen molar-refractivity contribution in [3.8, 4) is 5.75 Å². The molecule has 3 aromatic carbocycles. The molecule has 1 N–H and O–H groups in total. The van der Waals surface area contributed by atoms with Gasteiger partial charge in [-0.25, -0.2) is 4.79 Å². The molecule has 3 aromatic rings. The van der Waals surface area contributed by atoms with Gasteiger partial charge in [-0.2, -0.15) is 0 Å². The number of rotatable bonds is 7. The van der Waals surface area contributed by atoms with Crippen LogP contribution in [0.25, 0.3) is 17.2 Å². The number of hydrogen-bond acceptors (Lipinski definition) is 3. The first-order valence-electron chi connectivity index (χ1n) is 12.1. The van der Waals surface area contributed by atoms with Crippen molar-refractivity contribution in [3.63, 3.8) is 0 Å². The zero-order chi connectivity index (χ0) is 25.6. The van der Waals surface area contributed by atoms with E-state index in [2.05, 4.69) is 77.2 Å². The van der Waals surface area contributed by atoms with E-state index >= 15 is 0 Å². The topological polar surface area (TPSA) is 46.5 Å². The Bertz CT molecular complexity index is 1200. The lowest BCUT2D eigenvalue weighted by Gasteiger charge is -2.34. The summed E-state index contributed by atoms with van der Waals surface area (Å²) in [6, 6.07) is 25.9. The minimum absolute atomic E-state index is 0.0230. The van der Waals surface area contributed by atoms with Gasteiger partial charge in [0.1, 0.15) is 5.75 Å². The molecule has 0 spiro atoms. The Balaban J connectivity index is 1.94. The van der Waals surface area contributed by atoms with Crippen molar-refractivity contribution in [1.29, 1.82) is 0 Å². The first-order chi connectivity index (χ1) is 16.5. The van der Waals surface area contributed by atoms with Gasteiger partial charge in [-0.3, -0.25) is 0 Å². The second-order valence-corrected chi connectivity index (χ2v) is 15.0. The summed E-state index contributed by atoms with van der Waals surface area (Å²) in [5, 5.41) is 9.80. The van der Waals surface area contributed by atoms with Crippen LogP contribution in [0.15, 0.2) is 84.9 Å². The third-order valence-electron chi connectivity index (χ3n) is 6.71. The van der Waals surface area contributed by atoms with E-state index in [-0.39, 0.29) is 16.8 Å². The Labute approximate surface area is 210 Å². The van der Waals surface area contributed by atoms with Gasteiger partial charge in [-0.15, -0.1) is 0 Å². The van der Waals surface area contributed by atoms with E-state index in [1.54, 1.807) is 18.2 Å². The van der Waals surface area contributed by atoms with E-state index in [1.807, 2.05) is 30.3 Å². The fourth-order valence-corrected chi connectivity index (χ4v) is 4.55. The molecule has 35 heavy (non-hydrogen) atoms. The van der Waals surface area contributed by atoms with Gasteiger partial charge in [-0.05, 0) is 76.2 Å². The molecule has 0 aliphatic heterocycles. The monoisotopic (exact) mass is 484 g/mol. The smallest absolute Gasteiger partial charge is 0.317 e. The fraction of sp³-hybridized carbons (Fsp3) is 0.258. The van der Waals surface area contributed by atoms with Crippen molar-refractivity contribution < 1.29 is 14.3 Å². The van der Waals surface area contributed by atoms with E-state index in [4.69, 9.17) is 4.43 Å². The summed E-state index contributed by atoms with van der Waals surface area (Å²) in [7, 11) is -2.15. The van der Waals surface area contributed by atoms with Crippen molar-refractivity contribution in [1.82, 2.24) is 0 Å². The van der Waals surface area contributed by atoms with Crippen LogP contribution in [-0.4, -0.2) is 19.4 Å². The molecule has 0 heterocycles. The summed E-state index contributed by atoms with van der Waals surface area (Å²) >= 11 is 0. The van der Waals surface area contributed by atoms with Crippen LogP contribution < -0.4 is 0 Å². The third-order valence-corrected chi connectivity index (χ3v) is 11.0. The molecule has 182 valence electrons. The van der Waals surface area contributed by atoms with Gasteiger partial charge >= 0.3 is 5.97 Å². The third kappa shape index (κ3) is 6.61. The summed E-state index contributed by atoms with van der Waals surface area (Å²) in [5.74, 6) is -0.0429. The number of carbonyl (C=O) groups is 1. The minimum Gasteiger partial charge on any atom is -0.516 e. The standard InChI is InChI=1S/C31H36O3Si/c1-7-28(24-11-9-8-10-12-24)30(26-18-20-27(32)21-19-26)25-16-13-23(14-17-25)15-22-29(33)34-35(5,6)31(2,3)4/h8-22,32H,7H2,1-6H3/b22-15+,30-28-. The Morgan fingerprint density at radius 1 is 0.857 bits per heavy atom. The summed E-state index contributed by atoms with van der Waals surface area (Å²) < 4.78 is 5.83. The van der Waals surface area contributed by atoms with Crippen molar-refractivity contribution >= 4 is 31.5 Å². The first kappa shape index (κ1) is 26.2. The Morgan fingerprint density at radius 2 is 1.40 bits per heavy atom. The number of allylic oxidation sites excluding steroid dienone is 1. The number of benzene rings is 3. The zero-order valence-electron chi connectivity index (χ0n) is 21.6. The molecule has 0 saturated carbocycles. The Kier molecular flexibility index (Phi) is 8.18. The number of aromatic hydroxyl groups is 1. The molecule has 0 aromatic heterocycles. The quantitative estimate of drug-likeness (QED) is 0.208. The number of carbonyl (C=O) groups excluding carboxylic acids is 1. The van der Waals surface area contributed by atoms with E-state index in [0.717, 1.165) is 28.7 Å². The van der Waals surface area contributed by atoms with Crippen LogP contribution in [0.3, 0.4) is 0 Å². The maximum absolute atomic E-state index is 12.4. The van der Waals surface area contributed by atoms with Crippen molar-refractivity contribution in [2.75, 3.05) is 0 Å². The predicted octanol–water partition coefficient (Wildman–Crippen LogP) is 8.32. The van der Waals surface area contributed by atoms with Crippen LogP contribution in [0, 0.1) is 0 Å². The molecule has 3 rings (SSSR count). The normalized spacial score (nSPS) is 13.0. The Morgan fingerprint density at radius 3 is 1.91 bits per heavy atom. The van der Waals surface area contributed by atoms with E-state index in [0.29, 0.717) is 0 Å². The molecule has 4 heteroatoms. The number of hydrogen-bond donors (Lipinski definition) is 1. The average molecular weight is 485 g/mol. The molecule has 0 aliphatic carbocycles. The minimum atomic E-state index is -2.15. The highest BCUT2D eigenvalue weighted by atomic mass is 28.4. The molecule has 3 nitrogen and oxygen atoms in total. The van der Waals surface area contributed by atoms with Gasteiger partial charge in [0.05, 0.1) is 0 Å². The molecule has 0 fully saturated rings. The lowest BCUT2D eigenvalue weighted by atomic mass is 9.88. The average Bonchev–Trinajstić information content (AvgIpc) is 2.82. The maximum atomic E-state index is 12.4. The van der Waals surface area contributed by atoms with Crippen molar-refractivity contribution in [2.45, 2.75) is 52.2 Å². The van der Waals surface area contributed by atoms with Crippen LogP contribution in [0.1, 0.15) is 56.4 Å². The summed E-state index contributed by atoms with van der Waals surface area (Å²) in [6.45, 7) is 12.7. The van der Waals surface area contributed by atoms with Gasteiger partial charge in [-0.1, -0.05) is 94.4 Å². The van der Waals surface area contributed by atoms with Gasteiger partial charge in [0.2, 0.25) is 0 Å². The summed E-state index contributed by atoms with van der Waals surface area (Å²) in [5.41, 5.74) is 6.60. The molecular weight excluding hydrogens is 448 g/mol. The predicted molar refractivity (Wildman–Crippen MR) is 150 cm³/mol. The molecule has 0 bridgehead atoms. The Hall–Kier alpha value is -3.37. The van der Waals surface area contributed by atoms with Crippen LogP contribution in [0.5, 0.6) is 5.75 Å². The molecule has 0 amide bonds. The van der Waals surface area contributed by atoms with Gasteiger partial charge < -0.3 is 9.53 Å². The number of phenols is 1. The summed E-state index contributed by atoms with van der Waals surface area (Å²) in [4.78, 5) is 12.4. The van der Waals surface area contributed by atoms with Gasteiger partial charge in [0.15, 0.2) is 0 Å². The van der Waals surface area contributed by atoms with Crippen LogP contribution >= 0.6 is 0 Å². The van der Waals surface area contributed by atoms with Crippen molar-refractivity contribution in [2.24, 2.45) is 0 Å². The van der Waals surface area contributed by atoms with Crippen LogP contribution in [-0.2, 0) is 9.22 Å². The summed E-state index contributed by atoms with van der Waals surface area (Å²) in [6.07, 6.45) is 4.19. The molecule has 0 unspecified atom stereocenters. The van der Waals surface area contributed by atoms with Gasteiger partial charge in [0, 0.05) is 6.08 Å². The molecule has 0 aliphatic rings. The largest absolute Gasteiger partial charge is 0.516 e. The van der Waals surface area contributed by atoms with E-state index < -0.39 is 8.32 Å². The van der Waals surface area contributed by atoms with Crippen molar-refractivity contribution in [3.05, 3.63) is 107 Å². The lowest BCUT2D eigenvalue weighted by molar-refractivity contribution is -0.129. The highest BCUT2D eigenvalue weighted by Crippen LogP contribution is 2.37. The zero-order valence-corrected chi connectivity index (χ0v) is 22.6. The lowest BCUT2D eigenvalue weighted by Crippen LogP contribution is -2.42. The highest BCUT2D eigenvalue weighted by molar-refractivity contribution is 6.75. The van der Waals surface area contributed by atoms with Crippen LogP contribution in [0.2, 0.25) is 18.1 Å². The molecular formula is C31H36O3Si. The molecule has 0 radical (unpaired) electrons. The van der Waals surface area contributed by atoms with Crippen LogP contribution in [0.4, 0.5) is 0 Å². The SMILES string of the molecule is CC/C(=C(/c1ccc(O)cc1)c1ccc(/C=C/C(=O)O[Si](C)(C)C(C)(C)C)cc1)c1ccccc1. The van der Waals surface area contributed by atoms with E-state index in [9.17, 15) is 9.90 Å². The molecule has 0 saturated heterocycles. The molecule has 0 atom stereocenters. The highest BCUT2D eigenvalue weighted by Gasteiger charge is 2.39. The van der Waals surface area contributed by atoms with Gasteiger partial charge in [0.25, 0.3) is 8.32 Å². The van der Waals surface area contributed by atoms with E-state index in [1.165, 1.54) is 17.2 Å². The first-order valence-corrected chi connectivity index (χ1v) is 15.0. The number of phenolic OH excluding ortho intramolecular Hbond substituents is 1. The second-order valence-electron chi connectivity index (χ2n) is 10.3. The fourth-order valence-electron chi connectivity index (χ4n) is 3.67.